The van der Waals surface area contributed by atoms with Crippen molar-refractivity contribution in [2.75, 3.05) is 6.61 Å². The molecule has 0 fully saturated rings. The van der Waals surface area contributed by atoms with Crippen molar-refractivity contribution in [1.29, 1.82) is 0 Å². The largest absolute Gasteiger partial charge is 0.480 e. The van der Waals surface area contributed by atoms with Crippen molar-refractivity contribution in [3.05, 3.63) is 75.6 Å². The van der Waals surface area contributed by atoms with Gasteiger partial charge in [-0.25, -0.2) is 9.18 Å². The number of non-ortho nitro benzene ring substituents is 1. The van der Waals surface area contributed by atoms with E-state index in [4.69, 9.17) is 4.74 Å². The summed E-state index contributed by atoms with van der Waals surface area (Å²) in [5, 5.41) is 25.6. The van der Waals surface area contributed by atoms with Crippen LogP contribution in [0, 0.1) is 15.9 Å². The average Bonchev–Trinajstić information content (AvgIpc) is 2.82. The Bertz CT molecular complexity index is 1120. The number of hydrogen-bond donors (Lipinski definition) is 3. The summed E-state index contributed by atoms with van der Waals surface area (Å²) in [5.74, 6) is -5.54. The number of halogens is 1. The van der Waals surface area contributed by atoms with Crippen LogP contribution >= 0.6 is 0 Å². The molecular formula is C24H26FN3O8. The molecule has 3 N–H and O–H groups in total. The number of nitro groups is 1. The number of nitro benzene ring substituents is 1. The van der Waals surface area contributed by atoms with Crippen LogP contribution in [0.1, 0.15) is 37.3 Å². The van der Waals surface area contributed by atoms with Crippen molar-refractivity contribution >= 4 is 29.4 Å². The van der Waals surface area contributed by atoms with Crippen LogP contribution in [0.5, 0.6) is 0 Å². The minimum atomic E-state index is -1.68. The SMILES string of the molecule is CCOC(=O)C[C@@H](c1ccc([N+](=O)[O-])cc1)[C@@H](NC(=O)[C@@H](Cc1ccccc1F)NC(C)=O)C(=O)O. The first-order chi connectivity index (χ1) is 17.0. The Morgan fingerprint density at radius 1 is 1.08 bits per heavy atom. The lowest BCUT2D eigenvalue weighted by molar-refractivity contribution is -0.384. The van der Waals surface area contributed by atoms with Gasteiger partial charge in [-0.2, -0.15) is 0 Å². The highest BCUT2D eigenvalue weighted by Gasteiger charge is 2.35. The molecule has 0 saturated heterocycles. The molecule has 0 radical (unpaired) electrons. The molecule has 192 valence electrons. The Morgan fingerprint density at radius 2 is 1.72 bits per heavy atom. The van der Waals surface area contributed by atoms with Crippen LogP contribution in [0.3, 0.4) is 0 Å². The van der Waals surface area contributed by atoms with Gasteiger partial charge in [0.15, 0.2) is 0 Å². The normalized spacial score (nSPS) is 13.1. The number of nitrogens with one attached hydrogen (secondary N) is 2. The maximum absolute atomic E-state index is 14.2. The summed E-state index contributed by atoms with van der Waals surface area (Å²) in [5.41, 5.74) is 0.100. The molecule has 0 aliphatic heterocycles. The molecule has 11 nitrogen and oxygen atoms in total. The number of rotatable bonds is 12. The van der Waals surface area contributed by atoms with Crippen LogP contribution in [0.25, 0.3) is 0 Å². The van der Waals surface area contributed by atoms with Crippen LogP contribution in [0.2, 0.25) is 0 Å². The van der Waals surface area contributed by atoms with Gasteiger partial charge < -0.3 is 20.5 Å². The number of esters is 1. The summed E-state index contributed by atoms with van der Waals surface area (Å²) in [6.07, 6.45) is -0.717. The fraction of sp³-hybridized carbons (Fsp3) is 0.333. The molecule has 0 bridgehead atoms. The Balaban J connectivity index is 2.39. The second kappa shape index (κ2) is 12.9. The third-order valence-corrected chi connectivity index (χ3v) is 5.27. The fourth-order valence-electron chi connectivity index (χ4n) is 3.60. The smallest absolute Gasteiger partial charge is 0.326 e. The van der Waals surface area contributed by atoms with E-state index in [-0.39, 0.29) is 29.8 Å². The van der Waals surface area contributed by atoms with E-state index in [1.165, 1.54) is 30.3 Å². The molecule has 2 aromatic carbocycles. The predicted octanol–water partition coefficient (Wildman–Crippen LogP) is 2.09. The van der Waals surface area contributed by atoms with E-state index in [1.54, 1.807) is 13.0 Å². The molecule has 0 aliphatic rings. The number of carboxylic acid groups (broad SMARTS) is 1. The van der Waals surface area contributed by atoms with Gasteiger partial charge in [0.1, 0.15) is 17.9 Å². The zero-order chi connectivity index (χ0) is 26.8. The third kappa shape index (κ3) is 7.86. The topological polar surface area (TPSA) is 165 Å². The van der Waals surface area contributed by atoms with Gasteiger partial charge in [0.25, 0.3) is 5.69 Å². The van der Waals surface area contributed by atoms with E-state index >= 15 is 0 Å². The number of amides is 2. The zero-order valence-corrected chi connectivity index (χ0v) is 19.6. The van der Waals surface area contributed by atoms with Gasteiger partial charge in [0, 0.05) is 31.4 Å². The lowest BCUT2D eigenvalue weighted by Crippen LogP contribution is -2.54. The molecule has 12 heteroatoms. The summed E-state index contributed by atoms with van der Waals surface area (Å²) in [4.78, 5) is 59.6. The Morgan fingerprint density at radius 3 is 2.25 bits per heavy atom. The number of carbonyl (C=O) groups excluding carboxylic acids is 3. The lowest BCUT2D eigenvalue weighted by Gasteiger charge is -2.27. The molecule has 2 aromatic rings. The number of hydrogen-bond acceptors (Lipinski definition) is 7. The highest BCUT2D eigenvalue weighted by atomic mass is 19.1. The maximum Gasteiger partial charge on any atom is 0.326 e. The molecule has 0 heterocycles. The summed E-state index contributed by atoms with van der Waals surface area (Å²) < 4.78 is 19.1. The van der Waals surface area contributed by atoms with E-state index < -0.39 is 58.9 Å². The van der Waals surface area contributed by atoms with Gasteiger partial charge in [-0.15, -0.1) is 0 Å². The highest BCUT2D eigenvalue weighted by Crippen LogP contribution is 2.27. The van der Waals surface area contributed by atoms with Gasteiger partial charge in [0.2, 0.25) is 11.8 Å². The first-order valence-corrected chi connectivity index (χ1v) is 11.0. The number of ether oxygens (including phenoxy) is 1. The lowest BCUT2D eigenvalue weighted by atomic mass is 9.88. The summed E-state index contributed by atoms with van der Waals surface area (Å²) in [6, 6.07) is 7.47. The van der Waals surface area contributed by atoms with Crippen molar-refractivity contribution in [1.82, 2.24) is 10.6 Å². The molecule has 3 atom stereocenters. The van der Waals surface area contributed by atoms with Gasteiger partial charge in [-0.05, 0) is 24.1 Å². The van der Waals surface area contributed by atoms with Crippen LogP contribution in [-0.2, 0) is 30.3 Å². The number of aliphatic carboxylic acids is 1. The molecule has 0 aliphatic carbocycles. The second-order valence-corrected chi connectivity index (χ2v) is 7.84. The van der Waals surface area contributed by atoms with Crippen molar-refractivity contribution in [2.45, 2.75) is 44.7 Å². The number of nitrogens with zero attached hydrogens (tertiary/aromatic N) is 1. The Hall–Kier alpha value is -4.35. The molecule has 36 heavy (non-hydrogen) atoms. The average molecular weight is 503 g/mol. The van der Waals surface area contributed by atoms with E-state index in [0.29, 0.717) is 0 Å². The summed E-state index contributed by atoms with van der Waals surface area (Å²) in [6.45, 7) is 2.75. The quantitative estimate of drug-likeness (QED) is 0.225. The van der Waals surface area contributed by atoms with Gasteiger partial charge in [-0.3, -0.25) is 24.5 Å². The zero-order valence-electron chi connectivity index (χ0n) is 19.6. The molecular weight excluding hydrogens is 477 g/mol. The molecule has 0 unspecified atom stereocenters. The monoisotopic (exact) mass is 503 g/mol. The van der Waals surface area contributed by atoms with E-state index in [1.807, 2.05) is 0 Å². The van der Waals surface area contributed by atoms with Crippen LogP contribution in [0.15, 0.2) is 48.5 Å². The van der Waals surface area contributed by atoms with Gasteiger partial charge >= 0.3 is 11.9 Å². The number of benzene rings is 2. The molecule has 0 spiro atoms. The maximum atomic E-state index is 14.2. The van der Waals surface area contributed by atoms with Crippen molar-refractivity contribution in [2.24, 2.45) is 0 Å². The Kier molecular flexibility index (Phi) is 10.0. The van der Waals surface area contributed by atoms with Crippen molar-refractivity contribution < 1.29 is 38.3 Å². The molecule has 0 aromatic heterocycles. The fourth-order valence-corrected chi connectivity index (χ4v) is 3.60. The van der Waals surface area contributed by atoms with E-state index in [0.717, 1.165) is 19.1 Å². The molecule has 0 saturated carbocycles. The highest BCUT2D eigenvalue weighted by molar-refractivity contribution is 5.91. The summed E-state index contributed by atoms with van der Waals surface area (Å²) >= 11 is 0. The van der Waals surface area contributed by atoms with Crippen LogP contribution in [-0.4, -0.2) is 52.5 Å². The van der Waals surface area contributed by atoms with Crippen LogP contribution < -0.4 is 10.6 Å². The second-order valence-electron chi connectivity index (χ2n) is 7.84. The van der Waals surface area contributed by atoms with Crippen molar-refractivity contribution in [3.8, 4) is 0 Å². The first kappa shape index (κ1) is 27.9. The molecule has 2 rings (SSSR count). The van der Waals surface area contributed by atoms with Crippen molar-refractivity contribution in [3.63, 3.8) is 0 Å². The molecule has 2 amide bonds. The standard InChI is InChI=1S/C24H26FN3O8/c1-3-36-21(30)13-18(15-8-10-17(11-9-15)28(34)35)22(24(32)33)27-23(31)20(26-14(2)29)12-16-6-4-5-7-19(16)25/h4-11,18,20,22H,3,12-13H2,1-2H3,(H,26,29)(H,27,31)(H,32,33)/t18-,20+,22+/m0/s1. The summed E-state index contributed by atoms with van der Waals surface area (Å²) in [7, 11) is 0. The third-order valence-electron chi connectivity index (χ3n) is 5.27. The predicted molar refractivity (Wildman–Crippen MR) is 124 cm³/mol. The van der Waals surface area contributed by atoms with Gasteiger partial charge in [0.05, 0.1) is 18.0 Å². The Labute approximate surface area is 205 Å². The van der Waals surface area contributed by atoms with E-state index in [2.05, 4.69) is 10.6 Å². The van der Waals surface area contributed by atoms with Gasteiger partial charge in [-0.1, -0.05) is 30.3 Å². The first-order valence-electron chi connectivity index (χ1n) is 11.0. The number of carboxylic acids is 1. The van der Waals surface area contributed by atoms with E-state index in [9.17, 15) is 38.8 Å². The number of carbonyl (C=O) groups is 4. The minimum absolute atomic E-state index is 0.0309. The minimum Gasteiger partial charge on any atom is -0.480 e. The van der Waals surface area contributed by atoms with Crippen LogP contribution in [0.4, 0.5) is 10.1 Å².